The highest BCUT2D eigenvalue weighted by Gasteiger charge is 2.46. The lowest BCUT2D eigenvalue weighted by Crippen LogP contribution is -2.64. The van der Waals surface area contributed by atoms with Gasteiger partial charge in [0, 0.05) is 31.4 Å². The molecule has 3 atom stereocenters. The van der Waals surface area contributed by atoms with Crippen LogP contribution in [0, 0.1) is 10.1 Å². The fraction of sp³-hybridized carbons (Fsp3) is 0.345. The van der Waals surface area contributed by atoms with Crippen molar-refractivity contribution in [3.8, 4) is 0 Å². The van der Waals surface area contributed by atoms with E-state index in [1.807, 2.05) is 0 Å². The first-order valence-electron chi connectivity index (χ1n) is 13.7. The van der Waals surface area contributed by atoms with Gasteiger partial charge < -0.3 is 14.4 Å². The number of hydrogen-bond acceptors (Lipinski definition) is 11. The van der Waals surface area contributed by atoms with E-state index in [9.17, 15) is 41.3 Å². The number of non-ortho nitro benzene ring substituents is 1. The van der Waals surface area contributed by atoms with Crippen molar-refractivity contribution >= 4 is 33.3 Å². The second kappa shape index (κ2) is 12.4. The summed E-state index contributed by atoms with van der Waals surface area (Å²) in [5, 5.41) is 12.2. The Bertz CT molecular complexity index is 1720. The highest BCUT2D eigenvalue weighted by molar-refractivity contribution is 7.92. The third-order valence-electron chi connectivity index (χ3n) is 7.80. The smallest absolute Gasteiger partial charge is 0.417 e. The van der Waals surface area contributed by atoms with Crippen molar-refractivity contribution in [1.29, 1.82) is 0 Å². The number of hydrogen-bond donors (Lipinski definition) is 1. The molecule has 1 saturated heterocycles. The molecule has 0 radical (unpaired) electrons. The second-order valence-corrected chi connectivity index (χ2v) is 12.5. The summed E-state index contributed by atoms with van der Waals surface area (Å²) < 4.78 is 77.4. The molecule has 1 aliphatic heterocycles. The Morgan fingerprint density at radius 1 is 1.11 bits per heavy atom. The van der Waals surface area contributed by atoms with Gasteiger partial charge in [-0.3, -0.25) is 20.2 Å². The van der Waals surface area contributed by atoms with Gasteiger partial charge in [0.1, 0.15) is 17.8 Å². The van der Waals surface area contributed by atoms with Crippen molar-refractivity contribution in [3.63, 3.8) is 0 Å². The van der Waals surface area contributed by atoms with Gasteiger partial charge in [0.2, 0.25) is 0 Å². The van der Waals surface area contributed by atoms with Gasteiger partial charge in [0.25, 0.3) is 5.69 Å². The minimum absolute atomic E-state index is 0.0240. The third kappa shape index (κ3) is 6.47. The van der Waals surface area contributed by atoms with E-state index in [-0.39, 0.29) is 36.1 Å². The molecule has 3 aromatic rings. The Morgan fingerprint density at radius 3 is 2.47 bits per heavy atom. The average Bonchev–Trinajstić information content (AvgIpc) is 3.46. The number of aryl methyl sites for hydroxylation is 1. The summed E-state index contributed by atoms with van der Waals surface area (Å²) in [6.45, 7) is 0.0490. The summed E-state index contributed by atoms with van der Waals surface area (Å²) in [7, 11) is -3.20. The molecule has 0 spiro atoms. The number of esters is 2. The van der Waals surface area contributed by atoms with E-state index in [1.165, 1.54) is 47.4 Å². The molecule has 0 bridgehead atoms. The van der Waals surface area contributed by atoms with E-state index < -0.39 is 55.8 Å². The molecule has 0 saturated carbocycles. The monoisotopic (exact) mass is 648 g/mol. The highest BCUT2D eigenvalue weighted by Crippen LogP contribution is 2.37. The molecule has 2 aliphatic rings. The van der Waals surface area contributed by atoms with Crippen LogP contribution in [0.15, 0.2) is 65.7 Å². The molecule has 1 N–H and O–H groups in total. The molecule has 12 nitrogen and oxygen atoms in total. The summed E-state index contributed by atoms with van der Waals surface area (Å²) in [6.07, 6.45) is -3.25. The number of aromatic nitrogens is 1. The number of nitro groups is 1. The second-order valence-electron chi connectivity index (χ2n) is 10.5. The topological polar surface area (TPSA) is 158 Å². The van der Waals surface area contributed by atoms with Crippen molar-refractivity contribution in [2.24, 2.45) is 0 Å². The fourth-order valence-corrected chi connectivity index (χ4v) is 7.30. The number of ether oxygens (including phenoxy) is 2. The summed E-state index contributed by atoms with van der Waals surface area (Å²) in [4.78, 5) is 41.2. The summed E-state index contributed by atoms with van der Waals surface area (Å²) in [6, 6.07) is 10.3. The summed E-state index contributed by atoms with van der Waals surface area (Å²) in [5.74, 6) is -2.12. The van der Waals surface area contributed by atoms with Crippen molar-refractivity contribution in [3.05, 3.63) is 93.2 Å². The lowest BCUT2D eigenvalue weighted by atomic mass is 10.0. The van der Waals surface area contributed by atoms with Crippen molar-refractivity contribution in [2.75, 3.05) is 25.1 Å². The van der Waals surface area contributed by atoms with Crippen LogP contribution in [0.4, 0.5) is 24.7 Å². The molecule has 2 heterocycles. The molecule has 1 aliphatic carbocycles. The molecular formula is C29H27F3N4O8S. The van der Waals surface area contributed by atoms with Gasteiger partial charge in [-0.1, -0.05) is 6.07 Å². The highest BCUT2D eigenvalue weighted by atomic mass is 32.2. The molecule has 45 heavy (non-hydrogen) atoms. The van der Waals surface area contributed by atoms with Crippen LogP contribution in [-0.2, 0) is 48.1 Å². The Labute approximate surface area is 255 Å². The lowest BCUT2D eigenvalue weighted by Gasteiger charge is -2.40. The van der Waals surface area contributed by atoms with Crippen LogP contribution in [0.3, 0.4) is 0 Å². The Hall–Kier alpha value is -4.57. The van der Waals surface area contributed by atoms with E-state index in [4.69, 9.17) is 9.47 Å². The van der Waals surface area contributed by atoms with Gasteiger partial charge in [0.05, 0.1) is 28.4 Å². The van der Waals surface area contributed by atoms with Gasteiger partial charge in [-0.2, -0.15) is 13.2 Å². The number of nitrogens with one attached hydrogen (secondary N) is 1. The average molecular weight is 649 g/mol. The van der Waals surface area contributed by atoms with Crippen LogP contribution in [0.2, 0.25) is 0 Å². The van der Waals surface area contributed by atoms with Gasteiger partial charge in [-0.05, 0) is 65.9 Å². The predicted molar refractivity (Wildman–Crippen MR) is 152 cm³/mol. The first-order valence-corrected chi connectivity index (χ1v) is 15.2. The normalized spacial score (nSPS) is 19.9. The standard InChI is InChI=1S/C29H27F3N4O8S/c1-43-28(38)25-26(33-12-13-35(25)24-11-5-19(15-34-24)29(30,31)32)45(41,42)21-8-10-22-18(14-21)4-9-23(22)27(37)44-16-17-2-6-20(7-3-17)36(39)40/h2-3,5-8,10-11,14-15,23,25-26,33H,4,9,12-13,16H2,1H3. The van der Waals surface area contributed by atoms with Crippen LogP contribution < -0.4 is 10.2 Å². The number of anilines is 1. The van der Waals surface area contributed by atoms with E-state index in [0.29, 0.717) is 35.7 Å². The number of carbonyl (C=O) groups is 2. The van der Waals surface area contributed by atoms with E-state index in [0.717, 1.165) is 19.2 Å². The lowest BCUT2D eigenvalue weighted by molar-refractivity contribution is -0.384. The van der Waals surface area contributed by atoms with E-state index >= 15 is 0 Å². The number of pyridine rings is 1. The van der Waals surface area contributed by atoms with Gasteiger partial charge >= 0.3 is 18.1 Å². The number of carbonyl (C=O) groups excluding carboxylic acids is 2. The Kier molecular flexibility index (Phi) is 8.80. The number of rotatable bonds is 8. The number of nitro benzene ring substituents is 1. The minimum Gasteiger partial charge on any atom is -0.467 e. The third-order valence-corrected chi connectivity index (χ3v) is 9.80. The van der Waals surface area contributed by atoms with Crippen LogP contribution in [0.5, 0.6) is 0 Å². The molecule has 2 aromatic carbocycles. The molecular weight excluding hydrogens is 621 g/mol. The van der Waals surface area contributed by atoms with Crippen LogP contribution >= 0.6 is 0 Å². The van der Waals surface area contributed by atoms with Gasteiger partial charge in [0.15, 0.2) is 15.9 Å². The Balaban J connectivity index is 1.35. The maximum absolute atomic E-state index is 13.9. The minimum atomic E-state index is -4.63. The van der Waals surface area contributed by atoms with Crippen LogP contribution in [0.1, 0.15) is 34.6 Å². The first kappa shape index (κ1) is 31.8. The number of nitrogens with zero attached hydrogens (tertiary/aromatic N) is 3. The number of sulfone groups is 1. The number of methoxy groups -OCH3 is 1. The SMILES string of the molecule is COC(=O)C1C(S(=O)(=O)c2ccc3c(c2)CCC3C(=O)OCc2ccc([N+](=O)[O-])cc2)NCCN1c1ccc(C(F)(F)F)cn1. The molecule has 5 rings (SSSR count). The quantitative estimate of drug-likeness (QED) is 0.216. The fourth-order valence-electron chi connectivity index (χ4n) is 5.50. The van der Waals surface area contributed by atoms with Crippen molar-refractivity contribution in [1.82, 2.24) is 10.3 Å². The molecule has 238 valence electrons. The predicted octanol–water partition coefficient (Wildman–Crippen LogP) is 3.53. The summed E-state index contributed by atoms with van der Waals surface area (Å²) in [5.41, 5.74) is 0.686. The zero-order valence-electron chi connectivity index (χ0n) is 23.7. The zero-order chi connectivity index (χ0) is 32.5. The van der Waals surface area contributed by atoms with E-state index in [2.05, 4.69) is 10.3 Å². The molecule has 16 heteroatoms. The molecule has 0 amide bonds. The molecule has 1 aromatic heterocycles. The zero-order valence-corrected chi connectivity index (χ0v) is 24.5. The largest absolute Gasteiger partial charge is 0.467 e. The van der Waals surface area contributed by atoms with Crippen molar-refractivity contribution in [2.45, 2.75) is 47.9 Å². The molecule has 3 unspecified atom stereocenters. The van der Waals surface area contributed by atoms with Crippen LogP contribution in [-0.4, -0.2) is 61.9 Å². The Morgan fingerprint density at radius 2 is 1.84 bits per heavy atom. The number of benzene rings is 2. The number of piperazine rings is 1. The van der Waals surface area contributed by atoms with E-state index in [1.54, 1.807) is 0 Å². The summed E-state index contributed by atoms with van der Waals surface area (Å²) >= 11 is 0. The van der Waals surface area contributed by atoms with Crippen molar-refractivity contribution < 1.29 is 45.6 Å². The maximum Gasteiger partial charge on any atom is 0.417 e. The van der Waals surface area contributed by atoms with Gasteiger partial charge in [-0.15, -0.1) is 0 Å². The van der Waals surface area contributed by atoms with Crippen LogP contribution in [0.25, 0.3) is 0 Å². The number of halogens is 3. The number of alkyl halides is 3. The molecule has 1 fully saturated rings. The number of fused-ring (bicyclic) bond motifs is 1. The van der Waals surface area contributed by atoms with Gasteiger partial charge in [-0.25, -0.2) is 18.2 Å². The first-order chi connectivity index (χ1) is 21.3. The maximum atomic E-state index is 13.9.